The van der Waals surface area contributed by atoms with Crippen LogP contribution in [0.25, 0.3) is 67.3 Å². The van der Waals surface area contributed by atoms with Gasteiger partial charge in [-0.25, -0.2) is 9.97 Å². The zero-order valence-electron chi connectivity index (χ0n) is 28.2. The lowest BCUT2D eigenvalue weighted by atomic mass is 9.70. The highest BCUT2D eigenvalue weighted by Gasteiger charge is 2.51. The third kappa shape index (κ3) is 4.57. The summed E-state index contributed by atoms with van der Waals surface area (Å²) in [5, 5.41) is 18.9. The van der Waals surface area contributed by atoms with E-state index in [2.05, 4.69) is 107 Å². The normalized spacial score (nSPS) is 12.6. The van der Waals surface area contributed by atoms with E-state index in [0.29, 0.717) is 11.1 Å². The van der Waals surface area contributed by atoms with Crippen LogP contribution in [0.15, 0.2) is 158 Å². The maximum Gasteiger partial charge on any atom is 0.101 e. The summed E-state index contributed by atoms with van der Waals surface area (Å²) in [5.74, 6) is 0. The Balaban J connectivity index is 1.18. The summed E-state index contributed by atoms with van der Waals surface area (Å²) in [6, 6.07) is 51.0. The summed E-state index contributed by atoms with van der Waals surface area (Å²) >= 11 is 0. The smallest absolute Gasteiger partial charge is 0.101 e. The topological polar surface area (TPSA) is 99.1 Å². The number of nitrogens with zero attached hydrogens (tertiary/aromatic N) is 6. The van der Waals surface area contributed by atoms with E-state index in [4.69, 9.17) is 9.97 Å². The average molecular weight is 675 g/mol. The van der Waals surface area contributed by atoms with Gasteiger partial charge in [-0.15, -0.1) is 0 Å². The second-order valence-electron chi connectivity index (χ2n) is 13.3. The molecular formula is C47H26N6. The highest BCUT2D eigenvalue weighted by atomic mass is 14.7. The Kier molecular flexibility index (Phi) is 6.73. The molecule has 0 N–H and O–H groups in total. The van der Waals surface area contributed by atoms with Gasteiger partial charge >= 0.3 is 0 Å². The van der Waals surface area contributed by atoms with Crippen LogP contribution < -0.4 is 0 Å². The monoisotopic (exact) mass is 674 g/mol. The molecule has 0 fully saturated rings. The summed E-state index contributed by atoms with van der Waals surface area (Å²) in [5.41, 5.74) is 17.1. The van der Waals surface area contributed by atoms with Gasteiger partial charge in [0.1, 0.15) is 12.1 Å². The zero-order valence-corrected chi connectivity index (χ0v) is 28.2. The van der Waals surface area contributed by atoms with E-state index in [-0.39, 0.29) is 0 Å². The Bertz CT molecular complexity index is 2700. The molecule has 2 aliphatic carbocycles. The first kappa shape index (κ1) is 30.3. The molecule has 2 aliphatic rings. The molecular weight excluding hydrogens is 649 g/mol. The average Bonchev–Trinajstić information content (AvgIpc) is 3.70. The summed E-state index contributed by atoms with van der Waals surface area (Å²) in [6.45, 7) is 0. The molecule has 0 atom stereocenters. The first-order chi connectivity index (χ1) is 26.1. The van der Waals surface area contributed by atoms with Gasteiger partial charge in [0.15, 0.2) is 0 Å². The van der Waals surface area contributed by atoms with Gasteiger partial charge in [-0.3, -0.25) is 9.97 Å². The van der Waals surface area contributed by atoms with Crippen LogP contribution in [0.5, 0.6) is 0 Å². The minimum absolute atomic E-state index is 0.494. The Morgan fingerprint density at radius 3 is 1.25 bits per heavy atom. The van der Waals surface area contributed by atoms with Gasteiger partial charge in [0.05, 0.1) is 39.3 Å². The number of hydrogen-bond acceptors (Lipinski definition) is 6. The molecule has 244 valence electrons. The fraction of sp³-hybridized carbons (Fsp3) is 0.0213. The van der Waals surface area contributed by atoms with Crippen LogP contribution in [0, 0.1) is 22.7 Å². The second kappa shape index (κ2) is 11.8. The molecule has 4 aromatic heterocycles. The number of pyridine rings is 4. The van der Waals surface area contributed by atoms with Gasteiger partial charge in [-0.1, -0.05) is 84.9 Å². The minimum atomic E-state index is -0.494. The second-order valence-corrected chi connectivity index (χ2v) is 13.3. The highest BCUT2D eigenvalue weighted by molar-refractivity contribution is 5.97. The van der Waals surface area contributed by atoms with Gasteiger partial charge in [-0.05, 0) is 93.0 Å². The molecule has 0 radical (unpaired) electrons. The van der Waals surface area contributed by atoms with Crippen LogP contribution in [0.1, 0.15) is 33.4 Å². The van der Waals surface area contributed by atoms with Crippen molar-refractivity contribution in [1.29, 1.82) is 10.5 Å². The largest absolute Gasteiger partial charge is 0.263 e. The van der Waals surface area contributed by atoms with E-state index >= 15 is 0 Å². The molecule has 0 bridgehead atoms. The molecule has 1 spiro atoms. The van der Waals surface area contributed by atoms with Gasteiger partial charge in [-0.2, -0.15) is 10.5 Å². The minimum Gasteiger partial charge on any atom is -0.263 e. The molecule has 6 heteroatoms. The van der Waals surface area contributed by atoms with Crippen LogP contribution in [0.3, 0.4) is 0 Å². The highest BCUT2D eigenvalue weighted by Crippen LogP contribution is 2.63. The molecule has 6 nitrogen and oxygen atoms in total. The van der Waals surface area contributed by atoms with E-state index in [1.165, 1.54) is 33.4 Å². The number of rotatable bonds is 4. The molecule has 0 saturated carbocycles. The SMILES string of the molecule is N#Cc1cncc(-c2cccc(-c3ccc4c(c3)-c3cc(-c5cccc(-c6cncc(C#N)c6)n5)ccc3C43c4ccccc4-c4ccccc43)n2)c1. The number of hydrogen-bond donors (Lipinski definition) is 0. The molecule has 0 unspecified atom stereocenters. The van der Waals surface area contributed by atoms with Crippen LogP contribution in [-0.2, 0) is 5.41 Å². The first-order valence-electron chi connectivity index (χ1n) is 17.3. The first-order valence-corrected chi connectivity index (χ1v) is 17.3. The van der Waals surface area contributed by atoms with E-state index < -0.39 is 5.41 Å². The van der Waals surface area contributed by atoms with Gasteiger partial charge in [0.2, 0.25) is 0 Å². The van der Waals surface area contributed by atoms with Crippen LogP contribution in [0.2, 0.25) is 0 Å². The maximum absolute atomic E-state index is 9.47. The Labute approximate surface area is 306 Å². The number of fused-ring (bicyclic) bond motifs is 10. The van der Waals surface area contributed by atoms with Crippen molar-refractivity contribution in [3.05, 3.63) is 192 Å². The molecule has 0 saturated heterocycles. The lowest BCUT2D eigenvalue weighted by Gasteiger charge is -2.30. The Morgan fingerprint density at radius 1 is 0.377 bits per heavy atom. The molecule has 4 heterocycles. The van der Waals surface area contributed by atoms with Crippen LogP contribution >= 0.6 is 0 Å². The van der Waals surface area contributed by atoms with Gasteiger partial charge in [0, 0.05) is 47.0 Å². The van der Waals surface area contributed by atoms with Crippen molar-refractivity contribution >= 4 is 0 Å². The van der Waals surface area contributed by atoms with E-state index in [9.17, 15) is 10.5 Å². The summed E-state index contributed by atoms with van der Waals surface area (Å²) in [4.78, 5) is 18.7. The van der Waals surface area contributed by atoms with Gasteiger partial charge < -0.3 is 0 Å². The van der Waals surface area contributed by atoms with Crippen molar-refractivity contribution in [1.82, 2.24) is 19.9 Å². The van der Waals surface area contributed by atoms with Crippen LogP contribution in [-0.4, -0.2) is 19.9 Å². The predicted molar refractivity (Wildman–Crippen MR) is 205 cm³/mol. The van der Waals surface area contributed by atoms with Crippen molar-refractivity contribution in [2.45, 2.75) is 5.41 Å². The molecule has 0 aliphatic heterocycles. The molecule has 8 aromatic rings. The Morgan fingerprint density at radius 2 is 0.792 bits per heavy atom. The standard InChI is InChI=1S/C47H26N6/c48-23-29-19-33(27-50-25-29)45-13-5-11-43(52-45)31-15-17-41-37(21-31)38-22-32(44-12-6-14-46(53-44)34-20-30(24-49)26-51-28-34)16-18-42(38)47(41)39-9-3-1-7-35(39)36-8-2-4-10-40(36)47/h1-22,25-28H. The summed E-state index contributed by atoms with van der Waals surface area (Å²) in [7, 11) is 0. The van der Waals surface area contributed by atoms with E-state index in [1.54, 1.807) is 24.8 Å². The van der Waals surface area contributed by atoms with Crippen molar-refractivity contribution in [2.24, 2.45) is 0 Å². The van der Waals surface area contributed by atoms with Gasteiger partial charge in [0.25, 0.3) is 0 Å². The maximum atomic E-state index is 9.47. The van der Waals surface area contributed by atoms with Crippen molar-refractivity contribution in [2.75, 3.05) is 0 Å². The van der Waals surface area contributed by atoms with Crippen molar-refractivity contribution < 1.29 is 0 Å². The molecule has 4 aromatic carbocycles. The van der Waals surface area contributed by atoms with Crippen molar-refractivity contribution in [3.63, 3.8) is 0 Å². The quantitative estimate of drug-likeness (QED) is 0.184. The lowest BCUT2D eigenvalue weighted by molar-refractivity contribution is 0.794. The van der Waals surface area contributed by atoms with E-state index in [0.717, 1.165) is 56.2 Å². The fourth-order valence-corrected chi connectivity index (χ4v) is 8.26. The summed E-state index contributed by atoms with van der Waals surface area (Å²) < 4.78 is 0. The number of benzene rings is 4. The van der Waals surface area contributed by atoms with Crippen LogP contribution in [0.4, 0.5) is 0 Å². The molecule has 53 heavy (non-hydrogen) atoms. The van der Waals surface area contributed by atoms with Crippen molar-refractivity contribution in [3.8, 4) is 79.4 Å². The Hall–Kier alpha value is -7.54. The number of nitriles is 2. The predicted octanol–water partition coefficient (Wildman–Crippen LogP) is 10.0. The lowest BCUT2D eigenvalue weighted by Crippen LogP contribution is -2.25. The molecule has 0 amide bonds. The number of aromatic nitrogens is 4. The molecule has 10 rings (SSSR count). The third-order valence-corrected chi connectivity index (χ3v) is 10.5. The third-order valence-electron chi connectivity index (χ3n) is 10.5. The fourth-order valence-electron chi connectivity index (χ4n) is 8.26. The summed E-state index contributed by atoms with van der Waals surface area (Å²) in [6.07, 6.45) is 6.60. The zero-order chi connectivity index (χ0) is 35.5. The van der Waals surface area contributed by atoms with E-state index in [1.807, 2.05) is 48.5 Å².